The summed E-state index contributed by atoms with van der Waals surface area (Å²) in [5, 5.41) is 8.42. The Morgan fingerprint density at radius 2 is 1.80 bits per heavy atom. The molecular formula is C12H19NO2. The number of rotatable bonds is 4. The molecule has 0 spiro atoms. The number of carboxylic acids is 1. The number of nitrogen functional groups attached to an aromatic ring is 1. The van der Waals surface area contributed by atoms with Crippen LogP contribution in [0.25, 0.3) is 0 Å². The van der Waals surface area contributed by atoms with Crippen molar-refractivity contribution in [3.8, 4) is 0 Å². The third-order valence-corrected chi connectivity index (χ3v) is 1.84. The molecule has 84 valence electrons. The fourth-order valence-electron chi connectivity index (χ4n) is 1.13. The largest absolute Gasteiger partial charge is 0.481 e. The van der Waals surface area contributed by atoms with Crippen molar-refractivity contribution in [3.63, 3.8) is 0 Å². The van der Waals surface area contributed by atoms with Gasteiger partial charge < -0.3 is 10.8 Å². The second-order valence-corrected chi connectivity index (χ2v) is 2.99. The summed E-state index contributed by atoms with van der Waals surface area (Å²) in [6.45, 7) is 4.00. The minimum Gasteiger partial charge on any atom is -0.481 e. The van der Waals surface area contributed by atoms with E-state index in [4.69, 9.17) is 10.8 Å². The summed E-state index contributed by atoms with van der Waals surface area (Å²) < 4.78 is 0. The molecule has 1 rings (SSSR count). The summed E-state index contributed by atoms with van der Waals surface area (Å²) in [6, 6.07) is 7.51. The lowest BCUT2D eigenvalue weighted by molar-refractivity contribution is -0.137. The molecule has 0 saturated heterocycles. The number of hydrogen-bond acceptors (Lipinski definition) is 2. The number of anilines is 1. The fraction of sp³-hybridized carbons (Fsp3) is 0.417. The van der Waals surface area contributed by atoms with E-state index in [1.54, 1.807) is 0 Å². The van der Waals surface area contributed by atoms with Crippen LogP contribution < -0.4 is 5.73 Å². The fourth-order valence-corrected chi connectivity index (χ4v) is 1.13. The zero-order valence-electron chi connectivity index (χ0n) is 9.36. The minimum absolute atomic E-state index is 0.227. The second kappa shape index (κ2) is 7.85. The summed E-state index contributed by atoms with van der Waals surface area (Å²) in [4.78, 5) is 10.2. The second-order valence-electron chi connectivity index (χ2n) is 2.99. The van der Waals surface area contributed by atoms with Crippen molar-refractivity contribution < 1.29 is 9.90 Å². The molecule has 0 aliphatic heterocycles. The maximum Gasteiger partial charge on any atom is 0.303 e. The molecule has 0 radical (unpaired) electrons. The maximum atomic E-state index is 10.2. The molecule has 0 saturated carbocycles. The lowest BCUT2D eigenvalue weighted by atomic mass is 10.1. The van der Waals surface area contributed by atoms with E-state index in [9.17, 15) is 4.79 Å². The van der Waals surface area contributed by atoms with Crippen molar-refractivity contribution in [2.45, 2.75) is 33.1 Å². The third kappa shape index (κ3) is 6.55. The highest BCUT2D eigenvalue weighted by atomic mass is 16.4. The Labute approximate surface area is 90.9 Å². The van der Waals surface area contributed by atoms with E-state index < -0.39 is 5.97 Å². The van der Waals surface area contributed by atoms with Crippen LogP contribution in [0.4, 0.5) is 5.69 Å². The molecule has 0 heterocycles. The zero-order chi connectivity index (χ0) is 11.7. The van der Waals surface area contributed by atoms with Gasteiger partial charge in [0.05, 0.1) is 0 Å². The topological polar surface area (TPSA) is 63.3 Å². The van der Waals surface area contributed by atoms with Crippen molar-refractivity contribution >= 4 is 11.7 Å². The molecule has 3 heteroatoms. The van der Waals surface area contributed by atoms with Crippen LogP contribution >= 0.6 is 0 Å². The molecule has 0 aliphatic carbocycles. The van der Waals surface area contributed by atoms with Crippen LogP contribution in [0.15, 0.2) is 24.3 Å². The predicted octanol–water partition coefficient (Wildman–Crippen LogP) is 2.70. The van der Waals surface area contributed by atoms with Crippen LogP contribution in [0, 0.1) is 0 Å². The SMILES string of the molecule is CC.Nc1ccc(CCCC(=O)O)cc1. The summed E-state index contributed by atoms with van der Waals surface area (Å²) in [7, 11) is 0. The molecule has 0 atom stereocenters. The summed E-state index contributed by atoms with van der Waals surface area (Å²) >= 11 is 0. The Bertz CT molecular complexity index is 280. The molecule has 0 aromatic heterocycles. The number of carbonyl (C=O) groups is 1. The van der Waals surface area contributed by atoms with E-state index in [0.717, 1.165) is 17.7 Å². The van der Waals surface area contributed by atoms with E-state index in [0.29, 0.717) is 6.42 Å². The average molecular weight is 209 g/mol. The monoisotopic (exact) mass is 209 g/mol. The Morgan fingerprint density at radius 1 is 1.27 bits per heavy atom. The van der Waals surface area contributed by atoms with Gasteiger partial charge in [0.15, 0.2) is 0 Å². The first kappa shape index (κ1) is 13.5. The third-order valence-electron chi connectivity index (χ3n) is 1.84. The summed E-state index contributed by atoms with van der Waals surface area (Å²) in [5.41, 5.74) is 7.38. The predicted molar refractivity (Wildman–Crippen MR) is 62.8 cm³/mol. The Kier molecular flexibility index (Phi) is 7.06. The van der Waals surface area contributed by atoms with Crippen molar-refractivity contribution in [3.05, 3.63) is 29.8 Å². The van der Waals surface area contributed by atoms with Gasteiger partial charge in [0.1, 0.15) is 0 Å². The van der Waals surface area contributed by atoms with E-state index in [-0.39, 0.29) is 6.42 Å². The number of aryl methyl sites for hydroxylation is 1. The van der Waals surface area contributed by atoms with Gasteiger partial charge in [0.2, 0.25) is 0 Å². The van der Waals surface area contributed by atoms with Gasteiger partial charge in [-0.25, -0.2) is 0 Å². The molecule has 3 nitrogen and oxygen atoms in total. The molecule has 1 aromatic carbocycles. The van der Waals surface area contributed by atoms with Crippen molar-refractivity contribution in [1.82, 2.24) is 0 Å². The van der Waals surface area contributed by atoms with Gasteiger partial charge in [-0.05, 0) is 30.5 Å². The molecule has 0 aliphatic rings. The minimum atomic E-state index is -0.740. The first-order valence-corrected chi connectivity index (χ1v) is 5.24. The highest BCUT2D eigenvalue weighted by Crippen LogP contribution is 2.08. The molecule has 1 aromatic rings. The van der Waals surface area contributed by atoms with E-state index in [1.165, 1.54) is 0 Å². The Hall–Kier alpha value is -1.51. The van der Waals surface area contributed by atoms with Gasteiger partial charge >= 0.3 is 5.97 Å². The normalized spacial score (nSPS) is 8.93. The van der Waals surface area contributed by atoms with E-state index in [1.807, 2.05) is 38.1 Å². The Morgan fingerprint density at radius 3 is 2.27 bits per heavy atom. The summed E-state index contributed by atoms with van der Waals surface area (Å²) in [6.07, 6.45) is 1.70. The van der Waals surface area contributed by atoms with Gasteiger partial charge in [0.25, 0.3) is 0 Å². The molecule has 3 N–H and O–H groups in total. The molecule has 0 unspecified atom stereocenters. The van der Waals surface area contributed by atoms with Crippen LogP contribution in [0.3, 0.4) is 0 Å². The quantitative estimate of drug-likeness (QED) is 0.749. The van der Waals surface area contributed by atoms with Crippen molar-refractivity contribution in [1.29, 1.82) is 0 Å². The number of aliphatic carboxylic acids is 1. The van der Waals surface area contributed by atoms with Gasteiger partial charge in [-0.15, -0.1) is 0 Å². The zero-order valence-corrected chi connectivity index (χ0v) is 9.36. The van der Waals surface area contributed by atoms with Crippen LogP contribution in [-0.4, -0.2) is 11.1 Å². The van der Waals surface area contributed by atoms with Gasteiger partial charge in [-0.3, -0.25) is 4.79 Å². The Balaban J connectivity index is 0.000000921. The molecule has 0 amide bonds. The molecule has 0 bridgehead atoms. The highest BCUT2D eigenvalue weighted by Gasteiger charge is 1.97. The van der Waals surface area contributed by atoms with E-state index >= 15 is 0 Å². The standard InChI is InChI=1S/C10H13NO2.C2H6/c11-9-6-4-8(5-7-9)2-1-3-10(12)13;1-2/h4-7H,1-3,11H2,(H,12,13);1-2H3. The van der Waals surface area contributed by atoms with E-state index in [2.05, 4.69) is 0 Å². The highest BCUT2D eigenvalue weighted by molar-refractivity contribution is 5.66. The van der Waals surface area contributed by atoms with Crippen LogP contribution in [0.1, 0.15) is 32.3 Å². The lowest BCUT2D eigenvalue weighted by Gasteiger charge is -1.99. The number of hydrogen-bond donors (Lipinski definition) is 2. The van der Waals surface area contributed by atoms with Crippen molar-refractivity contribution in [2.24, 2.45) is 0 Å². The number of nitrogens with two attached hydrogens (primary N) is 1. The van der Waals surface area contributed by atoms with Gasteiger partial charge in [0, 0.05) is 12.1 Å². The summed E-state index contributed by atoms with van der Waals surface area (Å²) in [5.74, 6) is -0.740. The van der Waals surface area contributed by atoms with Crippen LogP contribution in [0.2, 0.25) is 0 Å². The average Bonchev–Trinajstić information content (AvgIpc) is 2.23. The lowest BCUT2D eigenvalue weighted by Crippen LogP contribution is -1.96. The van der Waals surface area contributed by atoms with Crippen LogP contribution in [0.5, 0.6) is 0 Å². The number of benzene rings is 1. The van der Waals surface area contributed by atoms with Gasteiger partial charge in [-0.2, -0.15) is 0 Å². The first-order chi connectivity index (χ1) is 7.18. The maximum absolute atomic E-state index is 10.2. The van der Waals surface area contributed by atoms with Gasteiger partial charge in [-0.1, -0.05) is 26.0 Å². The molecule has 15 heavy (non-hydrogen) atoms. The number of carboxylic acid groups (broad SMARTS) is 1. The van der Waals surface area contributed by atoms with Crippen molar-refractivity contribution in [2.75, 3.05) is 5.73 Å². The molecule has 0 fully saturated rings. The smallest absolute Gasteiger partial charge is 0.303 e. The van der Waals surface area contributed by atoms with Crippen LogP contribution in [-0.2, 0) is 11.2 Å². The molecular weight excluding hydrogens is 190 g/mol. The first-order valence-electron chi connectivity index (χ1n) is 5.24.